The Kier molecular flexibility index (Phi) is 4.39. The van der Waals surface area contributed by atoms with E-state index in [0.29, 0.717) is 5.56 Å². The molecule has 3 aromatic rings. The molecule has 0 aliphatic carbocycles. The van der Waals surface area contributed by atoms with E-state index in [-0.39, 0.29) is 5.75 Å². The lowest BCUT2D eigenvalue weighted by atomic mass is 10.0. The number of aliphatic imine (C=N–C) groups is 1. The van der Waals surface area contributed by atoms with Crippen molar-refractivity contribution in [3.8, 4) is 22.6 Å². The molecule has 0 heterocycles. The Bertz CT molecular complexity index is 826. The highest BCUT2D eigenvalue weighted by atomic mass is 16.5. The largest absolute Gasteiger partial charge is 0.507 e. The predicted octanol–water partition coefficient (Wildman–Crippen LogP) is 4.82. The van der Waals surface area contributed by atoms with Gasteiger partial charge in [0.25, 0.3) is 0 Å². The number of hydrogen-bond acceptors (Lipinski definition) is 3. The number of phenols is 1. The van der Waals surface area contributed by atoms with Gasteiger partial charge in [-0.1, -0.05) is 42.5 Å². The summed E-state index contributed by atoms with van der Waals surface area (Å²) in [5.41, 5.74) is 3.59. The zero-order valence-corrected chi connectivity index (χ0v) is 12.8. The number of hydrogen-bond donors (Lipinski definition) is 1. The highest BCUT2D eigenvalue weighted by Crippen LogP contribution is 2.26. The number of phenolic OH excluding ortho intramolecular Hbond substituents is 1. The van der Waals surface area contributed by atoms with Crippen LogP contribution in [0, 0.1) is 0 Å². The van der Waals surface area contributed by atoms with E-state index in [0.717, 1.165) is 22.6 Å². The zero-order valence-electron chi connectivity index (χ0n) is 12.8. The SMILES string of the molecule is COc1cccc(N=Cc2cc(-c3ccccc3)ccc2O)c1. The Morgan fingerprint density at radius 1 is 0.870 bits per heavy atom. The molecule has 114 valence electrons. The van der Waals surface area contributed by atoms with E-state index < -0.39 is 0 Å². The van der Waals surface area contributed by atoms with Crippen LogP contribution in [0.1, 0.15) is 5.56 Å². The maximum Gasteiger partial charge on any atom is 0.124 e. The minimum Gasteiger partial charge on any atom is -0.507 e. The number of nitrogens with zero attached hydrogens (tertiary/aromatic N) is 1. The first kappa shape index (κ1) is 14.9. The van der Waals surface area contributed by atoms with Crippen molar-refractivity contribution in [2.24, 2.45) is 4.99 Å². The van der Waals surface area contributed by atoms with Gasteiger partial charge in [-0.15, -0.1) is 0 Å². The summed E-state index contributed by atoms with van der Waals surface area (Å²) in [5.74, 6) is 0.957. The Balaban J connectivity index is 1.91. The first-order chi connectivity index (χ1) is 11.3. The quantitative estimate of drug-likeness (QED) is 0.702. The molecule has 0 radical (unpaired) electrons. The molecule has 0 saturated heterocycles. The van der Waals surface area contributed by atoms with Crippen LogP contribution in [0.3, 0.4) is 0 Å². The third kappa shape index (κ3) is 3.58. The molecule has 3 rings (SSSR count). The number of ether oxygens (including phenoxy) is 1. The molecular weight excluding hydrogens is 286 g/mol. The van der Waals surface area contributed by atoms with E-state index in [9.17, 15) is 5.11 Å². The molecule has 1 N–H and O–H groups in total. The number of methoxy groups -OCH3 is 1. The Labute approximate surface area is 135 Å². The third-order valence-corrected chi connectivity index (χ3v) is 3.54. The molecular formula is C20H17NO2. The zero-order chi connectivity index (χ0) is 16.1. The van der Waals surface area contributed by atoms with Gasteiger partial charge in [-0.3, -0.25) is 4.99 Å². The van der Waals surface area contributed by atoms with Crippen molar-refractivity contribution in [1.82, 2.24) is 0 Å². The van der Waals surface area contributed by atoms with Gasteiger partial charge in [-0.25, -0.2) is 0 Å². The summed E-state index contributed by atoms with van der Waals surface area (Å²) >= 11 is 0. The van der Waals surface area contributed by atoms with Gasteiger partial charge >= 0.3 is 0 Å². The van der Waals surface area contributed by atoms with Gasteiger partial charge < -0.3 is 9.84 Å². The van der Waals surface area contributed by atoms with Gasteiger partial charge in [0.1, 0.15) is 11.5 Å². The summed E-state index contributed by atoms with van der Waals surface area (Å²) in [4.78, 5) is 4.42. The van der Waals surface area contributed by atoms with Crippen molar-refractivity contribution in [1.29, 1.82) is 0 Å². The Morgan fingerprint density at radius 3 is 2.48 bits per heavy atom. The van der Waals surface area contributed by atoms with Gasteiger partial charge in [0.05, 0.1) is 12.8 Å². The minimum atomic E-state index is 0.205. The van der Waals surface area contributed by atoms with Crippen molar-refractivity contribution >= 4 is 11.9 Å². The van der Waals surface area contributed by atoms with E-state index in [2.05, 4.69) is 4.99 Å². The average molecular weight is 303 g/mol. The molecule has 0 unspecified atom stereocenters. The molecule has 0 saturated carbocycles. The topological polar surface area (TPSA) is 41.8 Å². The second-order valence-corrected chi connectivity index (χ2v) is 5.10. The average Bonchev–Trinajstić information content (AvgIpc) is 2.62. The molecule has 3 aromatic carbocycles. The Morgan fingerprint density at radius 2 is 1.70 bits per heavy atom. The van der Waals surface area contributed by atoms with Crippen LogP contribution in [0.5, 0.6) is 11.5 Å². The van der Waals surface area contributed by atoms with E-state index >= 15 is 0 Å². The van der Waals surface area contributed by atoms with Crippen LogP contribution in [-0.4, -0.2) is 18.4 Å². The molecule has 0 aliphatic heterocycles. The summed E-state index contributed by atoms with van der Waals surface area (Å²) in [6.45, 7) is 0. The highest BCUT2D eigenvalue weighted by molar-refractivity contribution is 5.87. The fourth-order valence-electron chi connectivity index (χ4n) is 2.30. The second-order valence-electron chi connectivity index (χ2n) is 5.10. The van der Waals surface area contributed by atoms with Crippen molar-refractivity contribution in [2.75, 3.05) is 7.11 Å². The highest BCUT2D eigenvalue weighted by Gasteiger charge is 2.03. The van der Waals surface area contributed by atoms with Gasteiger partial charge in [0.2, 0.25) is 0 Å². The number of benzene rings is 3. The van der Waals surface area contributed by atoms with Gasteiger partial charge in [0.15, 0.2) is 0 Å². The van der Waals surface area contributed by atoms with Crippen molar-refractivity contribution < 1.29 is 9.84 Å². The molecule has 3 nitrogen and oxygen atoms in total. The lowest BCUT2D eigenvalue weighted by Crippen LogP contribution is -1.85. The van der Waals surface area contributed by atoms with E-state index in [4.69, 9.17) is 4.74 Å². The molecule has 0 bridgehead atoms. The van der Waals surface area contributed by atoms with Crippen molar-refractivity contribution in [2.45, 2.75) is 0 Å². The van der Waals surface area contributed by atoms with Crippen molar-refractivity contribution in [3.63, 3.8) is 0 Å². The summed E-state index contributed by atoms with van der Waals surface area (Å²) in [7, 11) is 1.62. The molecule has 0 fully saturated rings. The van der Waals surface area contributed by atoms with Gasteiger partial charge in [0, 0.05) is 17.8 Å². The molecule has 0 spiro atoms. The van der Waals surface area contributed by atoms with Gasteiger partial charge in [-0.05, 0) is 35.4 Å². The standard InChI is InChI=1S/C20H17NO2/c1-23-19-9-5-8-18(13-19)21-14-17-12-16(10-11-20(17)22)15-6-3-2-4-7-15/h2-14,22H,1H3. The fraction of sp³-hybridized carbons (Fsp3) is 0.0500. The number of aromatic hydroxyl groups is 1. The number of rotatable bonds is 4. The third-order valence-electron chi connectivity index (χ3n) is 3.54. The lowest BCUT2D eigenvalue weighted by Gasteiger charge is -2.05. The van der Waals surface area contributed by atoms with Crippen LogP contribution in [0.25, 0.3) is 11.1 Å². The van der Waals surface area contributed by atoms with Crippen LogP contribution in [0.15, 0.2) is 77.8 Å². The van der Waals surface area contributed by atoms with E-state index in [1.807, 2.05) is 66.7 Å². The first-order valence-electron chi connectivity index (χ1n) is 7.33. The Hall–Kier alpha value is -3.07. The predicted molar refractivity (Wildman–Crippen MR) is 93.8 cm³/mol. The van der Waals surface area contributed by atoms with Crippen LogP contribution in [0.2, 0.25) is 0 Å². The summed E-state index contributed by atoms with van der Waals surface area (Å²) in [6, 6.07) is 23.0. The summed E-state index contributed by atoms with van der Waals surface area (Å²) < 4.78 is 5.18. The van der Waals surface area contributed by atoms with Crippen molar-refractivity contribution in [3.05, 3.63) is 78.4 Å². The van der Waals surface area contributed by atoms with Crippen LogP contribution >= 0.6 is 0 Å². The smallest absolute Gasteiger partial charge is 0.124 e. The maximum atomic E-state index is 10.0. The van der Waals surface area contributed by atoms with E-state index in [1.165, 1.54) is 0 Å². The minimum absolute atomic E-state index is 0.205. The fourth-order valence-corrected chi connectivity index (χ4v) is 2.30. The summed E-state index contributed by atoms with van der Waals surface area (Å²) in [5, 5.41) is 10.0. The van der Waals surface area contributed by atoms with Crippen LogP contribution in [0.4, 0.5) is 5.69 Å². The molecule has 0 atom stereocenters. The molecule has 0 aromatic heterocycles. The first-order valence-corrected chi connectivity index (χ1v) is 7.33. The van der Waals surface area contributed by atoms with Crippen LogP contribution < -0.4 is 4.74 Å². The van der Waals surface area contributed by atoms with Crippen LogP contribution in [-0.2, 0) is 0 Å². The normalized spacial score (nSPS) is 10.8. The molecule has 23 heavy (non-hydrogen) atoms. The molecule has 0 aliphatic rings. The maximum absolute atomic E-state index is 10.0. The second kappa shape index (κ2) is 6.79. The molecule has 3 heteroatoms. The summed E-state index contributed by atoms with van der Waals surface area (Å²) in [6.07, 6.45) is 1.66. The monoisotopic (exact) mass is 303 g/mol. The lowest BCUT2D eigenvalue weighted by molar-refractivity contribution is 0.415. The van der Waals surface area contributed by atoms with E-state index in [1.54, 1.807) is 19.4 Å². The van der Waals surface area contributed by atoms with Gasteiger partial charge in [-0.2, -0.15) is 0 Å². The molecule has 0 amide bonds.